The smallest absolute Gasteiger partial charge is 0.262 e. The van der Waals surface area contributed by atoms with Gasteiger partial charge in [0.25, 0.3) is 11.5 Å². The fourth-order valence-electron chi connectivity index (χ4n) is 3.59. The van der Waals surface area contributed by atoms with Gasteiger partial charge in [-0.1, -0.05) is 25.1 Å². The van der Waals surface area contributed by atoms with E-state index in [1.807, 2.05) is 24.4 Å². The van der Waals surface area contributed by atoms with Gasteiger partial charge in [0.2, 0.25) is 0 Å². The quantitative estimate of drug-likeness (QED) is 0.472. The van der Waals surface area contributed by atoms with E-state index in [1.165, 1.54) is 16.7 Å². The van der Waals surface area contributed by atoms with Crippen molar-refractivity contribution in [2.45, 2.75) is 32.9 Å². The maximum Gasteiger partial charge on any atom is 0.262 e. The van der Waals surface area contributed by atoms with E-state index in [9.17, 15) is 14.0 Å². The molecule has 0 aliphatic heterocycles. The molecular formula is C23H21FN2O3S. The van der Waals surface area contributed by atoms with Crippen molar-refractivity contribution in [1.82, 2.24) is 9.88 Å². The van der Waals surface area contributed by atoms with Crippen molar-refractivity contribution >= 4 is 28.2 Å². The number of fused-ring (bicyclic) bond motifs is 1. The number of carbonyl (C=O) groups is 1. The summed E-state index contributed by atoms with van der Waals surface area (Å²) in [5, 5.41) is 5.23. The van der Waals surface area contributed by atoms with Crippen molar-refractivity contribution in [2.24, 2.45) is 0 Å². The Morgan fingerprint density at radius 2 is 2.10 bits per heavy atom. The number of nitrogens with one attached hydrogen (secondary N) is 1. The molecule has 0 aliphatic rings. The average molecular weight is 424 g/mol. The number of hydrogen-bond donors (Lipinski definition) is 1. The van der Waals surface area contributed by atoms with Crippen LogP contribution in [0, 0.1) is 12.7 Å². The number of hydrogen-bond acceptors (Lipinski definition) is 4. The van der Waals surface area contributed by atoms with Gasteiger partial charge in [-0.15, -0.1) is 11.3 Å². The van der Waals surface area contributed by atoms with Gasteiger partial charge in [0.1, 0.15) is 17.2 Å². The lowest BCUT2D eigenvalue weighted by molar-refractivity contribution is 0.0936. The molecule has 0 fully saturated rings. The Balaban J connectivity index is 1.72. The number of furan rings is 1. The first-order valence-corrected chi connectivity index (χ1v) is 10.6. The van der Waals surface area contributed by atoms with Gasteiger partial charge in [-0.05, 0) is 48.6 Å². The highest BCUT2D eigenvalue weighted by Crippen LogP contribution is 2.26. The Morgan fingerprint density at radius 3 is 2.80 bits per heavy atom. The monoisotopic (exact) mass is 424 g/mol. The molecule has 3 heterocycles. The second kappa shape index (κ2) is 8.28. The van der Waals surface area contributed by atoms with E-state index in [0.717, 1.165) is 11.3 Å². The van der Waals surface area contributed by atoms with Gasteiger partial charge in [-0.3, -0.25) is 9.59 Å². The standard InChI is InChI=1S/C23H21FN2O3S/c1-3-17(19-8-5-11-30-19)25-22(27)20-14(2)29-18-9-10-26(23(28)21(18)20)13-15-6-4-7-16(24)12-15/h4-12,17H,3,13H2,1-2H3,(H,25,27). The summed E-state index contributed by atoms with van der Waals surface area (Å²) >= 11 is 1.58. The number of halogens is 1. The van der Waals surface area contributed by atoms with Gasteiger partial charge in [0.05, 0.1) is 23.5 Å². The molecule has 0 spiro atoms. The highest BCUT2D eigenvalue weighted by atomic mass is 32.1. The lowest BCUT2D eigenvalue weighted by Crippen LogP contribution is -2.29. The van der Waals surface area contributed by atoms with Crippen molar-refractivity contribution < 1.29 is 13.6 Å². The van der Waals surface area contributed by atoms with Crippen molar-refractivity contribution in [3.63, 3.8) is 0 Å². The molecule has 5 nitrogen and oxygen atoms in total. The maximum atomic E-state index is 13.5. The van der Waals surface area contributed by atoms with Gasteiger partial charge < -0.3 is 14.3 Å². The van der Waals surface area contributed by atoms with E-state index in [-0.39, 0.29) is 40.8 Å². The molecule has 0 aliphatic carbocycles. The molecule has 1 atom stereocenters. The van der Waals surface area contributed by atoms with Crippen LogP contribution in [0.2, 0.25) is 0 Å². The molecular weight excluding hydrogens is 403 g/mol. The first kappa shape index (κ1) is 20.1. The highest BCUT2D eigenvalue weighted by molar-refractivity contribution is 7.10. The lowest BCUT2D eigenvalue weighted by atomic mass is 10.1. The number of amides is 1. The minimum atomic E-state index is -0.361. The topological polar surface area (TPSA) is 64.2 Å². The van der Waals surface area contributed by atoms with E-state index in [2.05, 4.69) is 5.32 Å². The number of benzene rings is 1. The molecule has 154 valence electrons. The van der Waals surface area contributed by atoms with Crippen LogP contribution in [0.1, 0.15) is 45.9 Å². The fraction of sp³-hybridized carbons (Fsp3) is 0.217. The van der Waals surface area contributed by atoms with Gasteiger partial charge in [-0.25, -0.2) is 4.39 Å². The summed E-state index contributed by atoms with van der Waals surface area (Å²) in [7, 11) is 0. The molecule has 30 heavy (non-hydrogen) atoms. The van der Waals surface area contributed by atoms with Crippen LogP contribution >= 0.6 is 11.3 Å². The zero-order valence-electron chi connectivity index (χ0n) is 16.6. The molecule has 0 bridgehead atoms. The summed E-state index contributed by atoms with van der Waals surface area (Å²) < 4.78 is 20.7. The summed E-state index contributed by atoms with van der Waals surface area (Å²) in [6.45, 7) is 3.87. The Hall–Kier alpha value is -3.19. The predicted octanol–water partition coefficient (Wildman–Crippen LogP) is 5.03. The van der Waals surface area contributed by atoms with E-state index in [1.54, 1.807) is 42.7 Å². The Kier molecular flexibility index (Phi) is 5.55. The Morgan fingerprint density at radius 1 is 1.27 bits per heavy atom. The van der Waals surface area contributed by atoms with Gasteiger partial charge in [0, 0.05) is 11.1 Å². The van der Waals surface area contributed by atoms with Crippen LogP contribution in [-0.4, -0.2) is 10.5 Å². The van der Waals surface area contributed by atoms with Crippen LogP contribution in [0.15, 0.2) is 63.3 Å². The molecule has 3 aromatic heterocycles. The molecule has 1 unspecified atom stereocenters. The second-order valence-electron chi connectivity index (χ2n) is 7.10. The normalized spacial score (nSPS) is 12.2. The number of rotatable bonds is 6. The molecule has 1 aromatic carbocycles. The SMILES string of the molecule is CCC(NC(=O)c1c(C)oc2ccn(Cc3cccc(F)c3)c(=O)c12)c1cccs1. The summed E-state index contributed by atoms with van der Waals surface area (Å²) in [5.41, 5.74) is 0.926. The number of nitrogens with zero attached hydrogens (tertiary/aromatic N) is 1. The van der Waals surface area contributed by atoms with E-state index < -0.39 is 0 Å². The Labute approximate surface area is 176 Å². The number of pyridine rings is 1. The van der Waals surface area contributed by atoms with E-state index in [0.29, 0.717) is 16.9 Å². The predicted molar refractivity (Wildman–Crippen MR) is 116 cm³/mol. The summed E-state index contributed by atoms with van der Waals surface area (Å²) in [4.78, 5) is 27.3. The first-order chi connectivity index (χ1) is 14.5. The third-order valence-corrected chi connectivity index (χ3v) is 6.05. The summed E-state index contributed by atoms with van der Waals surface area (Å²) in [5.74, 6) is -0.309. The van der Waals surface area contributed by atoms with E-state index in [4.69, 9.17) is 4.42 Å². The Bertz CT molecular complexity index is 1260. The number of aryl methyl sites for hydroxylation is 1. The van der Waals surface area contributed by atoms with Gasteiger partial charge in [0.15, 0.2) is 0 Å². The third kappa shape index (κ3) is 3.80. The molecule has 4 aromatic rings. The minimum Gasteiger partial charge on any atom is -0.460 e. The van der Waals surface area contributed by atoms with Crippen LogP contribution in [0.25, 0.3) is 11.0 Å². The van der Waals surface area contributed by atoms with Crippen molar-refractivity contribution in [2.75, 3.05) is 0 Å². The molecule has 0 radical (unpaired) electrons. The van der Waals surface area contributed by atoms with Crippen molar-refractivity contribution in [3.8, 4) is 0 Å². The van der Waals surface area contributed by atoms with Gasteiger partial charge >= 0.3 is 0 Å². The zero-order chi connectivity index (χ0) is 21.3. The highest BCUT2D eigenvalue weighted by Gasteiger charge is 2.24. The van der Waals surface area contributed by atoms with Crippen molar-refractivity contribution in [1.29, 1.82) is 0 Å². The second-order valence-corrected chi connectivity index (χ2v) is 8.08. The minimum absolute atomic E-state index is 0.139. The number of carbonyl (C=O) groups excluding carboxylic acids is 1. The molecule has 1 N–H and O–H groups in total. The first-order valence-electron chi connectivity index (χ1n) is 9.69. The number of thiophene rings is 1. The average Bonchev–Trinajstić information content (AvgIpc) is 3.36. The molecule has 4 rings (SSSR count). The lowest BCUT2D eigenvalue weighted by Gasteiger charge is -2.15. The largest absolute Gasteiger partial charge is 0.460 e. The van der Waals surface area contributed by atoms with Crippen LogP contribution in [0.5, 0.6) is 0 Å². The fourth-order valence-corrected chi connectivity index (χ4v) is 4.45. The third-order valence-electron chi connectivity index (χ3n) is 5.06. The zero-order valence-corrected chi connectivity index (χ0v) is 17.5. The molecule has 0 saturated heterocycles. The van der Waals surface area contributed by atoms with E-state index >= 15 is 0 Å². The maximum absolute atomic E-state index is 13.5. The van der Waals surface area contributed by atoms with Crippen LogP contribution in [0.4, 0.5) is 4.39 Å². The van der Waals surface area contributed by atoms with Crippen LogP contribution in [-0.2, 0) is 6.54 Å². The van der Waals surface area contributed by atoms with Crippen molar-refractivity contribution in [3.05, 3.63) is 92.0 Å². The van der Waals surface area contributed by atoms with Gasteiger partial charge in [-0.2, -0.15) is 0 Å². The molecule has 1 amide bonds. The molecule has 0 saturated carbocycles. The van der Waals surface area contributed by atoms with Crippen LogP contribution < -0.4 is 10.9 Å². The molecule has 7 heteroatoms. The number of aromatic nitrogens is 1. The summed E-state index contributed by atoms with van der Waals surface area (Å²) in [6, 6.07) is 11.5. The van der Waals surface area contributed by atoms with Crippen LogP contribution in [0.3, 0.4) is 0 Å². The summed E-state index contributed by atoms with van der Waals surface area (Å²) in [6.07, 6.45) is 2.32.